The lowest BCUT2D eigenvalue weighted by Crippen LogP contribution is -2.64. The van der Waals surface area contributed by atoms with Gasteiger partial charge in [0.2, 0.25) is 5.91 Å². The van der Waals surface area contributed by atoms with E-state index in [9.17, 15) is 14.4 Å². The smallest absolute Gasteiger partial charge is 0.331 e. The fourth-order valence-electron chi connectivity index (χ4n) is 2.36. The van der Waals surface area contributed by atoms with E-state index < -0.39 is 23.3 Å². The van der Waals surface area contributed by atoms with Gasteiger partial charge in [0.15, 0.2) is 0 Å². The average molecular weight is 300 g/mol. The second kappa shape index (κ2) is 6.30. The summed E-state index contributed by atoms with van der Waals surface area (Å²) in [6.45, 7) is 5.19. The standard InChI is InChI=1S/C13H20N2O4S/c1-5-13(6-2)10(17)15(8-9(16)19-7-3)12(18)14(4)11(13)20/h5-8H2,1-4H3. The first-order valence-corrected chi connectivity index (χ1v) is 7.06. The van der Waals surface area contributed by atoms with Crippen LogP contribution in [0.3, 0.4) is 0 Å². The van der Waals surface area contributed by atoms with Crippen LogP contribution in [-0.2, 0) is 14.3 Å². The molecule has 0 unspecified atom stereocenters. The number of esters is 1. The van der Waals surface area contributed by atoms with Gasteiger partial charge in [-0.2, -0.15) is 0 Å². The second-order valence-electron chi connectivity index (χ2n) is 4.63. The van der Waals surface area contributed by atoms with E-state index in [1.165, 1.54) is 11.9 Å². The first kappa shape index (κ1) is 16.6. The van der Waals surface area contributed by atoms with Crippen LogP contribution >= 0.6 is 12.2 Å². The van der Waals surface area contributed by atoms with Crippen LogP contribution in [-0.4, -0.2) is 52.9 Å². The van der Waals surface area contributed by atoms with Crippen LogP contribution in [0.1, 0.15) is 33.6 Å². The molecule has 1 aliphatic heterocycles. The minimum absolute atomic E-state index is 0.204. The van der Waals surface area contributed by atoms with Crippen LogP contribution in [0.15, 0.2) is 0 Å². The number of carbonyl (C=O) groups is 3. The predicted molar refractivity (Wildman–Crippen MR) is 77.1 cm³/mol. The number of thiocarbonyl (C=S) groups is 1. The predicted octanol–water partition coefficient (Wildman–Crippen LogP) is 1.58. The number of amides is 3. The molecule has 1 rings (SSSR count). The van der Waals surface area contributed by atoms with Crippen molar-refractivity contribution in [3.8, 4) is 0 Å². The normalized spacial score (nSPS) is 18.5. The Morgan fingerprint density at radius 2 is 1.80 bits per heavy atom. The summed E-state index contributed by atoms with van der Waals surface area (Å²) < 4.78 is 4.80. The quantitative estimate of drug-likeness (QED) is 0.569. The number of hydrogen-bond acceptors (Lipinski definition) is 5. The number of hydrogen-bond donors (Lipinski definition) is 0. The van der Waals surface area contributed by atoms with Crippen molar-refractivity contribution in [2.75, 3.05) is 20.2 Å². The molecule has 0 saturated carbocycles. The summed E-state index contributed by atoms with van der Waals surface area (Å²) in [5, 5.41) is 0. The average Bonchev–Trinajstić information content (AvgIpc) is 2.43. The molecule has 0 atom stereocenters. The van der Waals surface area contributed by atoms with E-state index in [1.54, 1.807) is 6.92 Å². The van der Waals surface area contributed by atoms with Gasteiger partial charge in [0.25, 0.3) is 0 Å². The molecular weight excluding hydrogens is 280 g/mol. The summed E-state index contributed by atoms with van der Waals surface area (Å²) in [6.07, 6.45) is 0.968. The van der Waals surface area contributed by atoms with Crippen molar-refractivity contribution in [2.24, 2.45) is 5.41 Å². The Labute approximate surface area is 124 Å². The summed E-state index contributed by atoms with van der Waals surface area (Å²) in [7, 11) is 1.52. The van der Waals surface area contributed by atoms with Crippen molar-refractivity contribution < 1.29 is 19.1 Å². The van der Waals surface area contributed by atoms with Crippen LogP contribution in [0, 0.1) is 5.41 Å². The Bertz CT molecular complexity index is 446. The molecule has 0 radical (unpaired) electrons. The van der Waals surface area contributed by atoms with E-state index in [0.29, 0.717) is 17.8 Å². The van der Waals surface area contributed by atoms with Crippen LogP contribution in [0.5, 0.6) is 0 Å². The molecule has 3 amide bonds. The van der Waals surface area contributed by atoms with E-state index in [4.69, 9.17) is 17.0 Å². The van der Waals surface area contributed by atoms with Crippen molar-refractivity contribution in [1.29, 1.82) is 0 Å². The number of imide groups is 1. The van der Waals surface area contributed by atoms with Crippen molar-refractivity contribution in [2.45, 2.75) is 33.6 Å². The third-order valence-electron chi connectivity index (χ3n) is 3.69. The lowest BCUT2D eigenvalue weighted by molar-refractivity contribution is -0.150. The SMILES string of the molecule is CCOC(=O)CN1C(=O)N(C)C(=S)C(CC)(CC)C1=O. The number of ether oxygens (including phenoxy) is 1. The monoisotopic (exact) mass is 300 g/mol. The molecule has 7 heteroatoms. The number of nitrogens with zero attached hydrogens (tertiary/aromatic N) is 2. The van der Waals surface area contributed by atoms with Crippen molar-refractivity contribution in [3.63, 3.8) is 0 Å². The molecule has 1 aliphatic rings. The molecular formula is C13H20N2O4S. The second-order valence-corrected chi connectivity index (χ2v) is 5.02. The highest BCUT2D eigenvalue weighted by Gasteiger charge is 2.51. The minimum Gasteiger partial charge on any atom is -0.465 e. The van der Waals surface area contributed by atoms with Crippen molar-refractivity contribution >= 4 is 35.1 Å². The highest BCUT2D eigenvalue weighted by molar-refractivity contribution is 7.80. The molecule has 0 spiro atoms. The molecule has 20 heavy (non-hydrogen) atoms. The first-order chi connectivity index (χ1) is 9.35. The number of carbonyl (C=O) groups excluding carboxylic acids is 3. The molecule has 112 valence electrons. The highest BCUT2D eigenvalue weighted by atomic mass is 32.1. The van der Waals surface area contributed by atoms with Crippen LogP contribution in [0.4, 0.5) is 4.79 Å². The van der Waals surface area contributed by atoms with Gasteiger partial charge < -0.3 is 4.74 Å². The summed E-state index contributed by atoms with van der Waals surface area (Å²) in [4.78, 5) is 38.8. The van der Waals surface area contributed by atoms with Gasteiger partial charge in [-0.25, -0.2) is 4.79 Å². The Hall–Kier alpha value is -1.50. The maximum atomic E-state index is 12.6. The molecule has 0 bridgehead atoms. The molecule has 1 fully saturated rings. The van der Waals surface area contributed by atoms with Gasteiger partial charge in [-0.15, -0.1) is 0 Å². The third kappa shape index (κ3) is 2.54. The van der Waals surface area contributed by atoms with E-state index in [-0.39, 0.29) is 13.2 Å². The van der Waals surface area contributed by atoms with Crippen molar-refractivity contribution in [3.05, 3.63) is 0 Å². The number of rotatable bonds is 5. The minimum atomic E-state index is -0.898. The zero-order chi connectivity index (χ0) is 15.5. The Balaban J connectivity index is 3.11. The van der Waals surface area contributed by atoms with Crippen LogP contribution < -0.4 is 0 Å². The molecule has 1 saturated heterocycles. The molecule has 0 aromatic carbocycles. The lowest BCUT2D eigenvalue weighted by Gasteiger charge is -2.44. The highest BCUT2D eigenvalue weighted by Crippen LogP contribution is 2.36. The largest absolute Gasteiger partial charge is 0.465 e. The van der Waals surface area contributed by atoms with Gasteiger partial charge in [-0.3, -0.25) is 19.4 Å². The van der Waals surface area contributed by atoms with Gasteiger partial charge in [0.1, 0.15) is 16.9 Å². The van der Waals surface area contributed by atoms with Gasteiger partial charge in [-0.1, -0.05) is 26.1 Å². The Morgan fingerprint density at radius 3 is 2.25 bits per heavy atom. The zero-order valence-electron chi connectivity index (χ0n) is 12.3. The molecule has 0 aromatic rings. The van der Waals surface area contributed by atoms with Crippen LogP contribution in [0.25, 0.3) is 0 Å². The van der Waals surface area contributed by atoms with E-state index in [1.807, 2.05) is 13.8 Å². The number of urea groups is 1. The fourth-order valence-corrected chi connectivity index (χ4v) is 2.81. The van der Waals surface area contributed by atoms with Gasteiger partial charge in [0, 0.05) is 7.05 Å². The molecule has 1 heterocycles. The summed E-state index contributed by atoms with van der Waals surface area (Å²) in [5.41, 5.74) is -0.898. The Kier molecular flexibility index (Phi) is 5.21. The summed E-state index contributed by atoms with van der Waals surface area (Å²) in [5.74, 6) is -1.01. The summed E-state index contributed by atoms with van der Waals surface area (Å²) in [6, 6.07) is -0.578. The lowest BCUT2D eigenvalue weighted by atomic mass is 9.79. The maximum absolute atomic E-state index is 12.6. The van der Waals surface area contributed by atoms with E-state index >= 15 is 0 Å². The van der Waals surface area contributed by atoms with E-state index in [2.05, 4.69) is 0 Å². The first-order valence-electron chi connectivity index (χ1n) is 6.65. The van der Waals surface area contributed by atoms with Gasteiger partial charge in [-0.05, 0) is 19.8 Å². The molecule has 0 aromatic heterocycles. The zero-order valence-corrected chi connectivity index (χ0v) is 13.1. The molecule has 0 N–H and O–H groups in total. The van der Waals surface area contributed by atoms with E-state index in [0.717, 1.165) is 4.90 Å². The third-order valence-corrected chi connectivity index (χ3v) is 4.35. The topological polar surface area (TPSA) is 66.9 Å². The Morgan fingerprint density at radius 1 is 1.25 bits per heavy atom. The molecule has 0 aliphatic carbocycles. The van der Waals surface area contributed by atoms with Gasteiger partial charge in [0.05, 0.1) is 6.61 Å². The van der Waals surface area contributed by atoms with Crippen LogP contribution in [0.2, 0.25) is 0 Å². The van der Waals surface area contributed by atoms with Crippen molar-refractivity contribution in [1.82, 2.24) is 9.80 Å². The van der Waals surface area contributed by atoms with Gasteiger partial charge >= 0.3 is 12.0 Å². The fraction of sp³-hybridized carbons (Fsp3) is 0.692. The molecule has 6 nitrogen and oxygen atoms in total. The maximum Gasteiger partial charge on any atom is 0.331 e. The summed E-state index contributed by atoms with van der Waals surface area (Å²) >= 11 is 5.27.